The van der Waals surface area contributed by atoms with Crippen molar-refractivity contribution in [1.29, 1.82) is 0 Å². The molecule has 0 spiro atoms. The first-order chi connectivity index (χ1) is 8.43. The van der Waals surface area contributed by atoms with Gasteiger partial charge in [-0.2, -0.15) is 5.10 Å². The minimum Gasteiger partial charge on any atom is -0.276 e. The predicted molar refractivity (Wildman–Crippen MR) is 67.3 cm³/mol. The molecule has 0 atom stereocenters. The van der Waals surface area contributed by atoms with Crippen LogP contribution < -0.4 is 0 Å². The Bertz CT molecular complexity index is 551. The molecule has 0 saturated heterocycles. The number of hydrogen-bond donors (Lipinski definition) is 1. The maximum atomic E-state index is 4.30. The zero-order valence-electron chi connectivity index (χ0n) is 9.50. The SMILES string of the molecule is [Ir].c1ccc(-c2cc(-c3ccccn3)[nH]n2)cc1. The normalized spacial score (nSPS) is 9.78. The molecule has 0 bridgehead atoms. The molecule has 0 aliphatic heterocycles. The minimum atomic E-state index is 0. The maximum Gasteiger partial charge on any atom is 0.0927 e. The second-order valence-corrected chi connectivity index (χ2v) is 3.75. The van der Waals surface area contributed by atoms with E-state index in [2.05, 4.69) is 15.2 Å². The molecule has 3 aromatic rings. The number of benzene rings is 1. The van der Waals surface area contributed by atoms with Gasteiger partial charge < -0.3 is 0 Å². The van der Waals surface area contributed by atoms with Crippen LogP contribution in [0.25, 0.3) is 22.6 Å². The summed E-state index contributed by atoms with van der Waals surface area (Å²) in [6.45, 7) is 0. The van der Waals surface area contributed by atoms with Gasteiger partial charge in [0.05, 0.1) is 17.1 Å². The van der Waals surface area contributed by atoms with Gasteiger partial charge in [-0.05, 0) is 18.2 Å². The van der Waals surface area contributed by atoms with Crippen molar-refractivity contribution in [3.8, 4) is 22.6 Å². The van der Waals surface area contributed by atoms with Gasteiger partial charge in [0.1, 0.15) is 0 Å². The van der Waals surface area contributed by atoms with Gasteiger partial charge in [-0.15, -0.1) is 0 Å². The molecule has 0 amide bonds. The molecule has 18 heavy (non-hydrogen) atoms. The van der Waals surface area contributed by atoms with Crippen molar-refractivity contribution < 1.29 is 20.1 Å². The van der Waals surface area contributed by atoms with Gasteiger partial charge in [0, 0.05) is 31.9 Å². The number of aromatic amines is 1. The summed E-state index contributed by atoms with van der Waals surface area (Å²) in [7, 11) is 0. The van der Waals surface area contributed by atoms with Crippen LogP contribution in [0.4, 0.5) is 0 Å². The topological polar surface area (TPSA) is 41.6 Å². The quantitative estimate of drug-likeness (QED) is 0.701. The molecule has 91 valence electrons. The van der Waals surface area contributed by atoms with E-state index in [0.717, 1.165) is 22.6 Å². The number of aromatic nitrogens is 3. The van der Waals surface area contributed by atoms with E-state index in [1.807, 2.05) is 54.6 Å². The van der Waals surface area contributed by atoms with E-state index in [1.165, 1.54) is 0 Å². The van der Waals surface area contributed by atoms with E-state index >= 15 is 0 Å². The molecule has 0 aliphatic rings. The van der Waals surface area contributed by atoms with Crippen LogP contribution in [0.3, 0.4) is 0 Å². The van der Waals surface area contributed by atoms with Gasteiger partial charge in [-0.1, -0.05) is 36.4 Å². The third-order valence-corrected chi connectivity index (χ3v) is 2.59. The van der Waals surface area contributed by atoms with E-state index in [9.17, 15) is 0 Å². The Morgan fingerprint density at radius 1 is 0.833 bits per heavy atom. The summed E-state index contributed by atoms with van der Waals surface area (Å²) in [6.07, 6.45) is 1.78. The Morgan fingerprint density at radius 3 is 2.33 bits per heavy atom. The predicted octanol–water partition coefficient (Wildman–Crippen LogP) is 3.14. The first-order valence-electron chi connectivity index (χ1n) is 5.46. The molecule has 4 heteroatoms. The van der Waals surface area contributed by atoms with Crippen LogP contribution in [-0.2, 0) is 20.1 Å². The van der Waals surface area contributed by atoms with E-state index in [1.54, 1.807) is 6.20 Å². The van der Waals surface area contributed by atoms with E-state index in [0.29, 0.717) is 0 Å². The van der Waals surface area contributed by atoms with E-state index in [-0.39, 0.29) is 20.1 Å². The van der Waals surface area contributed by atoms with E-state index < -0.39 is 0 Å². The molecule has 0 saturated carbocycles. The summed E-state index contributed by atoms with van der Waals surface area (Å²) in [5.41, 5.74) is 3.88. The Morgan fingerprint density at radius 2 is 1.61 bits per heavy atom. The number of pyridine rings is 1. The summed E-state index contributed by atoms with van der Waals surface area (Å²) in [5, 5.41) is 7.31. The molecule has 3 nitrogen and oxygen atoms in total. The Labute approximate surface area is 119 Å². The van der Waals surface area contributed by atoms with Gasteiger partial charge in [0.2, 0.25) is 0 Å². The first-order valence-corrected chi connectivity index (χ1v) is 5.46. The molecule has 3 rings (SSSR count). The Balaban J connectivity index is 0.00000120. The average molecular weight is 413 g/mol. The van der Waals surface area contributed by atoms with Gasteiger partial charge in [0.15, 0.2) is 0 Å². The molecule has 2 heterocycles. The molecule has 0 fully saturated rings. The van der Waals surface area contributed by atoms with Crippen molar-refractivity contribution in [2.75, 3.05) is 0 Å². The molecule has 1 radical (unpaired) electrons. The van der Waals surface area contributed by atoms with Gasteiger partial charge in [-0.3, -0.25) is 10.1 Å². The first kappa shape index (κ1) is 12.7. The van der Waals surface area contributed by atoms with Crippen molar-refractivity contribution in [3.05, 3.63) is 60.8 Å². The van der Waals surface area contributed by atoms with Gasteiger partial charge >= 0.3 is 0 Å². The summed E-state index contributed by atoms with van der Waals surface area (Å²) >= 11 is 0. The second-order valence-electron chi connectivity index (χ2n) is 3.75. The third kappa shape index (κ3) is 2.55. The fourth-order valence-corrected chi connectivity index (χ4v) is 1.73. The van der Waals surface area contributed by atoms with Crippen molar-refractivity contribution in [2.45, 2.75) is 0 Å². The van der Waals surface area contributed by atoms with Crippen LogP contribution >= 0.6 is 0 Å². The largest absolute Gasteiger partial charge is 0.276 e. The molecule has 1 aromatic carbocycles. The van der Waals surface area contributed by atoms with Crippen molar-refractivity contribution in [3.63, 3.8) is 0 Å². The second kappa shape index (κ2) is 5.71. The molecule has 1 N–H and O–H groups in total. The molecule has 0 aliphatic carbocycles. The number of nitrogens with one attached hydrogen (secondary N) is 1. The van der Waals surface area contributed by atoms with Crippen LogP contribution in [0.1, 0.15) is 0 Å². The third-order valence-electron chi connectivity index (χ3n) is 2.59. The Kier molecular flexibility index (Phi) is 4.03. The van der Waals surface area contributed by atoms with Crippen LogP contribution in [0, 0.1) is 0 Å². The summed E-state index contributed by atoms with van der Waals surface area (Å²) in [5.74, 6) is 0. The fraction of sp³-hybridized carbons (Fsp3) is 0. The zero-order valence-corrected chi connectivity index (χ0v) is 11.9. The molecule has 2 aromatic heterocycles. The van der Waals surface area contributed by atoms with Gasteiger partial charge in [0.25, 0.3) is 0 Å². The van der Waals surface area contributed by atoms with Crippen LogP contribution in [0.2, 0.25) is 0 Å². The monoisotopic (exact) mass is 414 g/mol. The van der Waals surface area contributed by atoms with Crippen molar-refractivity contribution >= 4 is 0 Å². The average Bonchev–Trinajstić information content (AvgIpc) is 2.90. The Hall–Kier alpha value is -1.77. The maximum absolute atomic E-state index is 4.30. The summed E-state index contributed by atoms with van der Waals surface area (Å²) < 4.78 is 0. The van der Waals surface area contributed by atoms with Crippen molar-refractivity contribution in [1.82, 2.24) is 15.2 Å². The number of rotatable bonds is 2. The standard InChI is InChI=1S/C14H11N3.Ir/c1-2-6-11(7-3-1)13-10-14(17-16-13)12-8-4-5-9-15-12;/h1-10H,(H,16,17);. The number of H-pyrrole nitrogens is 1. The molecule has 0 unspecified atom stereocenters. The van der Waals surface area contributed by atoms with Crippen molar-refractivity contribution in [2.24, 2.45) is 0 Å². The van der Waals surface area contributed by atoms with Crippen LogP contribution in [-0.4, -0.2) is 15.2 Å². The summed E-state index contributed by atoms with van der Waals surface area (Å²) in [6, 6.07) is 17.9. The smallest absolute Gasteiger partial charge is 0.0927 e. The number of hydrogen-bond acceptors (Lipinski definition) is 2. The minimum absolute atomic E-state index is 0. The molecular weight excluding hydrogens is 402 g/mol. The zero-order chi connectivity index (χ0) is 11.5. The molecular formula is C14H11IrN3. The van der Waals surface area contributed by atoms with Gasteiger partial charge in [-0.25, -0.2) is 0 Å². The fourth-order valence-electron chi connectivity index (χ4n) is 1.73. The van der Waals surface area contributed by atoms with E-state index in [4.69, 9.17) is 0 Å². The van der Waals surface area contributed by atoms with Crippen LogP contribution in [0.15, 0.2) is 60.8 Å². The number of nitrogens with zero attached hydrogens (tertiary/aromatic N) is 2. The van der Waals surface area contributed by atoms with Crippen LogP contribution in [0.5, 0.6) is 0 Å². The summed E-state index contributed by atoms with van der Waals surface area (Å²) in [4.78, 5) is 4.28.